The molecule has 33 heavy (non-hydrogen) atoms. The molecule has 1 atom stereocenters. The Bertz CT molecular complexity index is 1160. The van der Waals surface area contributed by atoms with Gasteiger partial charge < -0.3 is 0 Å². The van der Waals surface area contributed by atoms with E-state index in [9.17, 15) is 17.2 Å². The van der Waals surface area contributed by atoms with Crippen molar-refractivity contribution in [3.05, 3.63) is 95.8 Å². The Morgan fingerprint density at radius 1 is 0.970 bits per heavy atom. The van der Waals surface area contributed by atoms with Crippen molar-refractivity contribution in [2.45, 2.75) is 17.5 Å². The van der Waals surface area contributed by atoms with E-state index in [1.54, 1.807) is 18.5 Å². The predicted octanol–water partition coefficient (Wildman–Crippen LogP) is 3.20. The number of nitrogens with one attached hydrogen (secondary N) is 1. The molecule has 0 spiro atoms. The molecule has 1 aliphatic rings. The van der Waals surface area contributed by atoms with Crippen molar-refractivity contribution in [2.75, 3.05) is 32.7 Å². The summed E-state index contributed by atoms with van der Waals surface area (Å²) in [5.41, 5.74) is 2.11. The Morgan fingerprint density at radius 3 is 2.42 bits per heavy atom. The van der Waals surface area contributed by atoms with Gasteiger partial charge in [-0.05, 0) is 35.4 Å². The molecule has 0 saturated carbocycles. The highest BCUT2D eigenvalue weighted by Crippen LogP contribution is 2.23. The van der Waals surface area contributed by atoms with Crippen LogP contribution < -0.4 is 4.72 Å². The Balaban J connectivity index is 1.46. The summed E-state index contributed by atoms with van der Waals surface area (Å²) in [6.45, 7) is 4.01. The molecule has 1 fully saturated rings. The normalized spacial score (nSPS) is 16.5. The van der Waals surface area contributed by atoms with Crippen LogP contribution in [0.25, 0.3) is 0 Å². The van der Waals surface area contributed by atoms with Crippen molar-refractivity contribution in [1.82, 2.24) is 19.5 Å². The lowest BCUT2D eigenvalue weighted by Crippen LogP contribution is -2.49. The quantitative estimate of drug-likeness (QED) is 0.546. The summed E-state index contributed by atoms with van der Waals surface area (Å²) in [5, 5.41) is 0. The summed E-state index contributed by atoms with van der Waals surface area (Å²) >= 11 is 0. The average Bonchev–Trinajstić information content (AvgIpc) is 2.83. The van der Waals surface area contributed by atoms with Crippen molar-refractivity contribution >= 4 is 10.0 Å². The molecule has 6 nitrogen and oxygen atoms in total. The van der Waals surface area contributed by atoms with Gasteiger partial charge in [0.2, 0.25) is 10.0 Å². The molecule has 0 unspecified atom stereocenters. The van der Waals surface area contributed by atoms with E-state index in [-0.39, 0.29) is 12.6 Å². The lowest BCUT2D eigenvalue weighted by atomic mass is 10.1. The largest absolute Gasteiger partial charge is 0.297 e. The standard InChI is InChI=1S/C24H26F2N4O2S/c25-21-8-9-22(26)24(15-21)33(31,32)28-17-23(20-7-4-10-27-16-20)30-13-11-29(12-14-30)18-19-5-2-1-3-6-19/h1-10,15-16,23,28H,11-14,17-18H2/t23-/m1/s1. The molecule has 1 aliphatic heterocycles. The van der Waals surface area contributed by atoms with E-state index in [1.807, 2.05) is 24.3 Å². The second-order valence-electron chi connectivity index (χ2n) is 8.03. The fourth-order valence-electron chi connectivity index (χ4n) is 4.06. The summed E-state index contributed by atoms with van der Waals surface area (Å²) in [7, 11) is -4.23. The van der Waals surface area contributed by atoms with Crippen LogP contribution in [0.3, 0.4) is 0 Å². The minimum atomic E-state index is -4.23. The van der Waals surface area contributed by atoms with Crippen LogP contribution in [0.1, 0.15) is 17.2 Å². The van der Waals surface area contributed by atoms with Crippen LogP contribution in [0.15, 0.2) is 78.0 Å². The van der Waals surface area contributed by atoms with Gasteiger partial charge in [0.15, 0.2) is 0 Å². The summed E-state index contributed by atoms with van der Waals surface area (Å²) < 4.78 is 55.5. The molecule has 0 radical (unpaired) electrons. The van der Waals surface area contributed by atoms with Gasteiger partial charge in [-0.2, -0.15) is 0 Å². The zero-order valence-corrected chi connectivity index (χ0v) is 18.9. The van der Waals surface area contributed by atoms with Crippen LogP contribution in [0.4, 0.5) is 8.78 Å². The van der Waals surface area contributed by atoms with Gasteiger partial charge in [-0.15, -0.1) is 0 Å². The summed E-state index contributed by atoms with van der Waals surface area (Å²) in [6.07, 6.45) is 3.36. The molecule has 1 saturated heterocycles. The Hall–Kier alpha value is -2.72. The topological polar surface area (TPSA) is 65.5 Å². The number of hydrogen-bond acceptors (Lipinski definition) is 5. The zero-order valence-electron chi connectivity index (χ0n) is 18.1. The van der Waals surface area contributed by atoms with Gasteiger partial charge in [-0.1, -0.05) is 36.4 Å². The summed E-state index contributed by atoms with van der Waals surface area (Å²) in [5.74, 6) is -1.80. The first-order valence-electron chi connectivity index (χ1n) is 10.8. The van der Waals surface area contributed by atoms with E-state index < -0.39 is 26.6 Å². The van der Waals surface area contributed by atoms with Crippen molar-refractivity contribution in [3.8, 4) is 0 Å². The van der Waals surface area contributed by atoms with E-state index in [4.69, 9.17) is 0 Å². The minimum Gasteiger partial charge on any atom is -0.297 e. The van der Waals surface area contributed by atoms with Gasteiger partial charge >= 0.3 is 0 Å². The SMILES string of the molecule is O=S(=O)(NC[C@H](c1cccnc1)N1CCN(Cc2ccccc2)CC1)c1cc(F)ccc1F. The Morgan fingerprint density at radius 2 is 1.73 bits per heavy atom. The van der Waals surface area contributed by atoms with Crippen LogP contribution in [0, 0.1) is 11.6 Å². The van der Waals surface area contributed by atoms with Gasteiger partial charge in [0.25, 0.3) is 0 Å². The van der Waals surface area contributed by atoms with Crippen molar-refractivity contribution < 1.29 is 17.2 Å². The van der Waals surface area contributed by atoms with Gasteiger partial charge in [-0.25, -0.2) is 21.9 Å². The Labute approximate surface area is 192 Å². The van der Waals surface area contributed by atoms with Crippen molar-refractivity contribution in [1.29, 1.82) is 0 Å². The number of halogens is 2. The molecule has 4 rings (SSSR count). The van der Waals surface area contributed by atoms with Crippen LogP contribution in [0.5, 0.6) is 0 Å². The lowest BCUT2D eigenvalue weighted by molar-refractivity contribution is 0.0926. The van der Waals surface area contributed by atoms with Crippen molar-refractivity contribution in [2.24, 2.45) is 0 Å². The molecule has 3 aromatic rings. The highest BCUT2D eigenvalue weighted by atomic mass is 32.2. The third-order valence-corrected chi connectivity index (χ3v) is 7.25. The Kier molecular flexibility index (Phi) is 7.44. The van der Waals surface area contributed by atoms with E-state index >= 15 is 0 Å². The smallest absolute Gasteiger partial charge is 0.243 e. The molecular weight excluding hydrogens is 446 g/mol. The number of benzene rings is 2. The number of aromatic nitrogens is 1. The van der Waals surface area contributed by atoms with E-state index in [2.05, 4.69) is 31.6 Å². The molecule has 2 heterocycles. The summed E-state index contributed by atoms with van der Waals surface area (Å²) in [6, 6.07) is 16.1. The van der Waals surface area contributed by atoms with Crippen LogP contribution >= 0.6 is 0 Å². The number of hydrogen-bond donors (Lipinski definition) is 1. The molecular formula is C24H26F2N4O2S. The second-order valence-corrected chi connectivity index (χ2v) is 9.76. The fraction of sp³-hybridized carbons (Fsp3) is 0.292. The molecule has 0 bridgehead atoms. The molecule has 1 aromatic heterocycles. The monoisotopic (exact) mass is 472 g/mol. The maximum absolute atomic E-state index is 14.1. The van der Waals surface area contributed by atoms with Crippen molar-refractivity contribution in [3.63, 3.8) is 0 Å². The maximum Gasteiger partial charge on any atom is 0.243 e. The number of rotatable bonds is 8. The summed E-state index contributed by atoms with van der Waals surface area (Å²) in [4.78, 5) is 8.04. The molecule has 0 aliphatic carbocycles. The fourth-order valence-corrected chi connectivity index (χ4v) is 5.18. The third-order valence-electron chi connectivity index (χ3n) is 5.82. The van der Waals surface area contributed by atoms with E-state index in [1.165, 1.54) is 5.56 Å². The van der Waals surface area contributed by atoms with E-state index in [0.29, 0.717) is 6.07 Å². The first kappa shape index (κ1) is 23.4. The first-order valence-corrected chi connectivity index (χ1v) is 12.3. The zero-order chi connectivity index (χ0) is 23.3. The number of sulfonamides is 1. The number of piperazine rings is 1. The minimum absolute atomic E-state index is 0.0165. The van der Waals surface area contributed by atoms with E-state index in [0.717, 1.165) is 50.4 Å². The van der Waals surface area contributed by atoms with Crippen LogP contribution in [-0.2, 0) is 16.6 Å². The van der Waals surface area contributed by atoms with Gasteiger partial charge in [0.05, 0.1) is 0 Å². The maximum atomic E-state index is 14.1. The predicted molar refractivity (Wildman–Crippen MR) is 122 cm³/mol. The van der Waals surface area contributed by atoms with Crippen LogP contribution in [0.2, 0.25) is 0 Å². The second kappa shape index (κ2) is 10.5. The first-order chi connectivity index (χ1) is 15.9. The molecule has 9 heteroatoms. The molecule has 174 valence electrons. The molecule has 2 aromatic carbocycles. The van der Waals surface area contributed by atoms with Crippen LogP contribution in [-0.4, -0.2) is 55.9 Å². The highest BCUT2D eigenvalue weighted by molar-refractivity contribution is 7.89. The average molecular weight is 473 g/mol. The molecule has 0 amide bonds. The van der Waals surface area contributed by atoms with Gasteiger partial charge in [-0.3, -0.25) is 14.8 Å². The van der Waals surface area contributed by atoms with Gasteiger partial charge in [0.1, 0.15) is 16.5 Å². The third kappa shape index (κ3) is 6.00. The molecule has 1 N–H and O–H groups in total. The highest BCUT2D eigenvalue weighted by Gasteiger charge is 2.28. The lowest BCUT2D eigenvalue weighted by Gasteiger charge is -2.39. The number of nitrogens with zero attached hydrogens (tertiary/aromatic N) is 3. The van der Waals surface area contributed by atoms with Gasteiger partial charge in [0, 0.05) is 57.7 Å². The number of pyridine rings is 1.